The van der Waals surface area contributed by atoms with Gasteiger partial charge >= 0.3 is 0 Å². The van der Waals surface area contributed by atoms with E-state index in [1.807, 2.05) is 0 Å². The molecule has 1 amide bonds. The molecule has 0 aromatic rings. The summed E-state index contributed by atoms with van der Waals surface area (Å²) >= 11 is 0. The van der Waals surface area contributed by atoms with Gasteiger partial charge in [-0.3, -0.25) is 4.79 Å². The molecule has 4 N–H and O–H groups in total. The molecular formula is C9H14N2O. The van der Waals surface area contributed by atoms with Crippen LogP contribution in [0.15, 0.2) is 37.1 Å². The number of carbonyl (C=O) groups is 1. The van der Waals surface area contributed by atoms with Crippen molar-refractivity contribution in [2.75, 3.05) is 0 Å². The molecule has 0 fully saturated rings. The van der Waals surface area contributed by atoms with E-state index >= 15 is 0 Å². The number of primary amides is 1. The molecule has 12 heavy (non-hydrogen) atoms. The van der Waals surface area contributed by atoms with Crippen molar-refractivity contribution in [3.05, 3.63) is 37.1 Å². The lowest BCUT2D eigenvalue weighted by molar-refractivity contribution is -0.114. The highest BCUT2D eigenvalue weighted by Crippen LogP contribution is 2.15. The van der Waals surface area contributed by atoms with Gasteiger partial charge in [0.05, 0.1) is 0 Å². The van der Waals surface area contributed by atoms with Crippen molar-refractivity contribution in [2.24, 2.45) is 17.4 Å². The van der Waals surface area contributed by atoms with Crippen molar-refractivity contribution in [3.63, 3.8) is 0 Å². The van der Waals surface area contributed by atoms with E-state index in [1.165, 1.54) is 6.20 Å². The van der Waals surface area contributed by atoms with Crippen LogP contribution in [0.2, 0.25) is 0 Å². The van der Waals surface area contributed by atoms with Crippen LogP contribution >= 0.6 is 0 Å². The Kier molecular flexibility index (Phi) is 4.53. The molecule has 0 rings (SSSR count). The maximum absolute atomic E-state index is 10.8. The maximum atomic E-state index is 10.8. The Bertz CT molecular complexity index is 219. The SMILES string of the molecule is C=CCC(C=C)C(=CN)C(N)=O. The van der Waals surface area contributed by atoms with Crippen LogP contribution in [0.4, 0.5) is 0 Å². The third-order valence-corrected chi connectivity index (χ3v) is 1.57. The Balaban J connectivity index is 4.56. The van der Waals surface area contributed by atoms with Gasteiger partial charge in [-0.05, 0) is 6.42 Å². The van der Waals surface area contributed by atoms with Gasteiger partial charge in [0.15, 0.2) is 0 Å². The smallest absolute Gasteiger partial charge is 0.246 e. The third-order valence-electron chi connectivity index (χ3n) is 1.57. The van der Waals surface area contributed by atoms with E-state index in [-0.39, 0.29) is 5.92 Å². The lowest BCUT2D eigenvalue weighted by Crippen LogP contribution is -2.20. The van der Waals surface area contributed by atoms with Gasteiger partial charge in [-0.1, -0.05) is 12.2 Å². The van der Waals surface area contributed by atoms with Crippen molar-refractivity contribution < 1.29 is 4.79 Å². The van der Waals surface area contributed by atoms with E-state index in [9.17, 15) is 4.79 Å². The monoisotopic (exact) mass is 166 g/mol. The number of allylic oxidation sites excluding steroid dienone is 2. The molecular weight excluding hydrogens is 152 g/mol. The predicted molar refractivity (Wildman–Crippen MR) is 50.0 cm³/mol. The highest BCUT2D eigenvalue weighted by atomic mass is 16.1. The first-order chi connectivity index (χ1) is 5.67. The Morgan fingerprint density at radius 2 is 2.08 bits per heavy atom. The fourth-order valence-electron chi connectivity index (χ4n) is 0.918. The topological polar surface area (TPSA) is 69.1 Å². The van der Waals surface area contributed by atoms with Gasteiger partial charge in [-0.15, -0.1) is 13.2 Å². The van der Waals surface area contributed by atoms with Crippen LogP contribution in [-0.4, -0.2) is 5.91 Å². The second-order valence-electron chi connectivity index (χ2n) is 2.35. The summed E-state index contributed by atoms with van der Waals surface area (Å²) in [6, 6.07) is 0. The van der Waals surface area contributed by atoms with Crippen LogP contribution < -0.4 is 11.5 Å². The first-order valence-electron chi connectivity index (χ1n) is 3.62. The summed E-state index contributed by atoms with van der Waals surface area (Å²) in [6.07, 6.45) is 5.16. The van der Waals surface area contributed by atoms with E-state index in [1.54, 1.807) is 12.2 Å². The predicted octanol–water partition coefficient (Wildman–Crippen LogP) is 0.693. The summed E-state index contributed by atoms with van der Waals surface area (Å²) < 4.78 is 0. The summed E-state index contributed by atoms with van der Waals surface area (Å²) in [5.74, 6) is -0.630. The summed E-state index contributed by atoms with van der Waals surface area (Å²) in [4.78, 5) is 10.8. The van der Waals surface area contributed by atoms with Gasteiger partial charge in [0.2, 0.25) is 5.91 Å². The number of hydrogen-bond donors (Lipinski definition) is 2. The zero-order valence-corrected chi connectivity index (χ0v) is 6.99. The highest BCUT2D eigenvalue weighted by Gasteiger charge is 2.13. The quantitative estimate of drug-likeness (QED) is 0.466. The second-order valence-corrected chi connectivity index (χ2v) is 2.35. The molecule has 0 aromatic carbocycles. The first kappa shape index (κ1) is 10.5. The van der Waals surface area contributed by atoms with Crippen LogP contribution in [0.25, 0.3) is 0 Å². The summed E-state index contributed by atoms with van der Waals surface area (Å²) in [5.41, 5.74) is 10.7. The van der Waals surface area contributed by atoms with Gasteiger partial charge in [-0.25, -0.2) is 0 Å². The van der Waals surface area contributed by atoms with Gasteiger partial charge in [-0.2, -0.15) is 0 Å². The Morgan fingerprint density at radius 1 is 1.50 bits per heavy atom. The Hall–Kier alpha value is -1.51. The van der Waals surface area contributed by atoms with Gasteiger partial charge in [0.25, 0.3) is 0 Å². The number of hydrogen-bond acceptors (Lipinski definition) is 2. The molecule has 66 valence electrons. The minimum absolute atomic E-state index is 0.120. The number of amides is 1. The van der Waals surface area contributed by atoms with E-state index in [0.29, 0.717) is 12.0 Å². The summed E-state index contributed by atoms with van der Waals surface area (Å²) in [5, 5.41) is 0. The van der Waals surface area contributed by atoms with Crippen LogP contribution in [-0.2, 0) is 4.79 Å². The van der Waals surface area contributed by atoms with Crippen LogP contribution in [0.3, 0.4) is 0 Å². The Morgan fingerprint density at radius 3 is 2.33 bits per heavy atom. The highest BCUT2D eigenvalue weighted by molar-refractivity contribution is 5.92. The van der Waals surface area contributed by atoms with Gasteiger partial charge in [0.1, 0.15) is 0 Å². The number of nitrogens with two attached hydrogens (primary N) is 2. The van der Waals surface area contributed by atoms with Crippen LogP contribution in [0, 0.1) is 5.92 Å². The van der Waals surface area contributed by atoms with E-state index in [0.717, 1.165) is 0 Å². The number of carbonyl (C=O) groups excluding carboxylic acids is 1. The van der Waals surface area contributed by atoms with Crippen molar-refractivity contribution in [3.8, 4) is 0 Å². The average Bonchev–Trinajstić information content (AvgIpc) is 2.03. The summed E-state index contributed by atoms with van der Waals surface area (Å²) in [6.45, 7) is 7.14. The minimum Gasteiger partial charge on any atom is -0.404 e. The first-order valence-corrected chi connectivity index (χ1v) is 3.62. The zero-order chi connectivity index (χ0) is 9.56. The molecule has 0 aromatic heterocycles. The number of rotatable bonds is 5. The third kappa shape index (κ3) is 2.62. The Labute approximate surface area is 72.4 Å². The minimum atomic E-state index is -0.510. The molecule has 1 unspecified atom stereocenters. The molecule has 0 aliphatic carbocycles. The van der Waals surface area contributed by atoms with Crippen molar-refractivity contribution >= 4 is 5.91 Å². The van der Waals surface area contributed by atoms with Gasteiger partial charge < -0.3 is 11.5 Å². The molecule has 1 atom stereocenters. The zero-order valence-electron chi connectivity index (χ0n) is 6.99. The van der Waals surface area contributed by atoms with Crippen molar-refractivity contribution in [1.82, 2.24) is 0 Å². The van der Waals surface area contributed by atoms with E-state index in [4.69, 9.17) is 11.5 Å². The molecule has 3 nitrogen and oxygen atoms in total. The lowest BCUT2D eigenvalue weighted by Gasteiger charge is -2.10. The van der Waals surface area contributed by atoms with Crippen molar-refractivity contribution in [1.29, 1.82) is 0 Å². The molecule has 0 saturated heterocycles. The molecule has 0 aliphatic heterocycles. The van der Waals surface area contributed by atoms with Crippen LogP contribution in [0.5, 0.6) is 0 Å². The molecule has 0 saturated carbocycles. The molecule has 0 radical (unpaired) electrons. The lowest BCUT2D eigenvalue weighted by atomic mass is 9.96. The summed E-state index contributed by atoms with van der Waals surface area (Å²) in [7, 11) is 0. The molecule has 0 spiro atoms. The van der Waals surface area contributed by atoms with Crippen LogP contribution in [0.1, 0.15) is 6.42 Å². The average molecular weight is 166 g/mol. The van der Waals surface area contributed by atoms with E-state index < -0.39 is 5.91 Å². The molecule has 0 heterocycles. The largest absolute Gasteiger partial charge is 0.404 e. The molecule has 0 aliphatic rings. The van der Waals surface area contributed by atoms with Gasteiger partial charge in [0, 0.05) is 17.7 Å². The maximum Gasteiger partial charge on any atom is 0.246 e. The molecule has 0 bridgehead atoms. The fraction of sp³-hybridized carbons (Fsp3) is 0.222. The molecule has 3 heteroatoms. The normalized spacial score (nSPS) is 13.5. The second kappa shape index (κ2) is 5.18. The van der Waals surface area contributed by atoms with E-state index in [2.05, 4.69) is 13.2 Å². The fourth-order valence-corrected chi connectivity index (χ4v) is 0.918. The standard InChI is InChI=1S/C9H14N2O/c1-3-5-7(4-2)8(6-10)9(11)12/h3-4,6-7H,1-2,5,10H2,(H2,11,12). The van der Waals surface area contributed by atoms with Crippen molar-refractivity contribution in [2.45, 2.75) is 6.42 Å².